The first-order valence-corrected chi connectivity index (χ1v) is 7.32. The van der Waals surface area contributed by atoms with Crippen molar-refractivity contribution in [2.75, 3.05) is 31.5 Å². The van der Waals surface area contributed by atoms with Gasteiger partial charge in [0.2, 0.25) is 5.95 Å². The van der Waals surface area contributed by atoms with Crippen LogP contribution >= 0.6 is 0 Å². The van der Waals surface area contributed by atoms with E-state index in [1.807, 2.05) is 0 Å². The van der Waals surface area contributed by atoms with Crippen LogP contribution in [0, 0.1) is 6.92 Å². The maximum Gasteiger partial charge on any atom is 0.223 e. The summed E-state index contributed by atoms with van der Waals surface area (Å²) in [7, 11) is 0. The van der Waals surface area contributed by atoms with Crippen LogP contribution in [0.1, 0.15) is 30.3 Å². The standard InChI is InChI=1S/C14H23N5/c1-3-19-7-5-13-12(9-19)10(2)16-14(18-13)17-11-4-6-15-8-11/h11,15H,3-9H2,1-2H3,(H,16,17,18). The van der Waals surface area contributed by atoms with Crippen LogP contribution in [0.15, 0.2) is 0 Å². The van der Waals surface area contributed by atoms with E-state index in [1.54, 1.807) is 0 Å². The minimum Gasteiger partial charge on any atom is -0.350 e. The molecule has 1 aromatic rings. The Balaban J connectivity index is 1.79. The molecule has 0 amide bonds. The molecule has 1 unspecified atom stereocenters. The highest BCUT2D eigenvalue weighted by atomic mass is 15.2. The Labute approximate surface area is 114 Å². The Bertz CT molecular complexity index is 453. The molecule has 0 radical (unpaired) electrons. The van der Waals surface area contributed by atoms with Gasteiger partial charge in [-0.05, 0) is 26.4 Å². The first-order chi connectivity index (χ1) is 9.26. The molecule has 2 aliphatic heterocycles. The molecular weight excluding hydrogens is 238 g/mol. The average molecular weight is 261 g/mol. The number of likely N-dealkylation sites (N-methyl/N-ethyl adjacent to an activating group) is 1. The molecule has 1 atom stereocenters. The van der Waals surface area contributed by atoms with E-state index in [4.69, 9.17) is 4.98 Å². The highest BCUT2D eigenvalue weighted by Gasteiger charge is 2.21. The van der Waals surface area contributed by atoms with E-state index in [9.17, 15) is 0 Å². The molecule has 3 rings (SSSR count). The first-order valence-electron chi connectivity index (χ1n) is 7.32. The van der Waals surface area contributed by atoms with Gasteiger partial charge in [0.25, 0.3) is 0 Å². The Hall–Kier alpha value is -1.20. The van der Waals surface area contributed by atoms with Gasteiger partial charge >= 0.3 is 0 Å². The summed E-state index contributed by atoms with van der Waals surface area (Å²) in [5.41, 5.74) is 3.71. The minimum absolute atomic E-state index is 0.480. The third kappa shape index (κ3) is 2.72. The lowest BCUT2D eigenvalue weighted by molar-refractivity contribution is 0.264. The fraction of sp³-hybridized carbons (Fsp3) is 0.714. The summed E-state index contributed by atoms with van der Waals surface area (Å²) in [6.07, 6.45) is 2.20. The number of hydrogen-bond donors (Lipinski definition) is 2. The maximum atomic E-state index is 4.73. The van der Waals surface area contributed by atoms with Gasteiger partial charge in [-0.3, -0.25) is 4.90 Å². The van der Waals surface area contributed by atoms with Gasteiger partial charge in [-0.1, -0.05) is 6.92 Å². The summed E-state index contributed by atoms with van der Waals surface area (Å²) in [5, 5.41) is 6.82. The van der Waals surface area contributed by atoms with Crippen LogP contribution in [-0.2, 0) is 13.0 Å². The van der Waals surface area contributed by atoms with Crippen LogP contribution in [0.4, 0.5) is 5.95 Å². The summed E-state index contributed by atoms with van der Waals surface area (Å²) < 4.78 is 0. The van der Waals surface area contributed by atoms with Gasteiger partial charge in [-0.15, -0.1) is 0 Å². The van der Waals surface area contributed by atoms with Gasteiger partial charge in [0.05, 0.1) is 5.69 Å². The number of nitrogens with zero attached hydrogens (tertiary/aromatic N) is 3. The molecule has 1 aromatic heterocycles. The van der Waals surface area contributed by atoms with Gasteiger partial charge in [0, 0.05) is 43.4 Å². The monoisotopic (exact) mass is 261 g/mol. The van der Waals surface area contributed by atoms with Gasteiger partial charge < -0.3 is 10.6 Å². The number of nitrogens with one attached hydrogen (secondary N) is 2. The largest absolute Gasteiger partial charge is 0.350 e. The predicted molar refractivity (Wildman–Crippen MR) is 76.3 cm³/mol. The van der Waals surface area contributed by atoms with Crippen LogP contribution in [0.25, 0.3) is 0 Å². The summed E-state index contributed by atoms with van der Waals surface area (Å²) in [6.45, 7) is 9.65. The molecule has 0 aliphatic carbocycles. The predicted octanol–water partition coefficient (Wildman–Crippen LogP) is 0.937. The Morgan fingerprint density at radius 3 is 3.05 bits per heavy atom. The lowest BCUT2D eigenvalue weighted by atomic mass is 10.0. The van der Waals surface area contributed by atoms with Crippen molar-refractivity contribution in [2.45, 2.75) is 39.3 Å². The zero-order valence-corrected chi connectivity index (χ0v) is 11.9. The van der Waals surface area contributed by atoms with Crippen molar-refractivity contribution in [1.29, 1.82) is 0 Å². The molecule has 0 spiro atoms. The van der Waals surface area contributed by atoms with Crippen molar-refractivity contribution in [3.63, 3.8) is 0 Å². The van der Waals surface area contributed by atoms with Gasteiger partial charge in [0.1, 0.15) is 0 Å². The third-order valence-corrected chi connectivity index (χ3v) is 4.19. The van der Waals surface area contributed by atoms with E-state index in [-0.39, 0.29) is 0 Å². The number of anilines is 1. The summed E-state index contributed by atoms with van der Waals surface area (Å²) in [5.74, 6) is 0.815. The Morgan fingerprint density at radius 1 is 1.42 bits per heavy atom. The smallest absolute Gasteiger partial charge is 0.223 e. The van der Waals surface area contributed by atoms with Crippen LogP contribution in [-0.4, -0.2) is 47.1 Å². The van der Waals surface area contributed by atoms with Gasteiger partial charge in [-0.25, -0.2) is 9.97 Å². The Kier molecular flexibility index (Phi) is 3.66. The molecule has 0 aromatic carbocycles. The van der Waals surface area contributed by atoms with Crippen molar-refractivity contribution in [1.82, 2.24) is 20.2 Å². The second kappa shape index (κ2) is 5.43. The quantitative estimate of drug-likeness (QED) is 0.848. The number of fused-ring (bicyclic) bond motifs is 1. The highest BCUT2D eigenvalue weighted by molar-refractivity contribution is 5.36. The van der Waals surface area contributed by atoms with Crippen molar-refractivity contribution in [3.8, 4) is 0 Å². The SMILES string of the molecule is CCN1CCc2nc(NC3CCNC3)nc(C)c2C1. The molecule has 19 heavy (non-hydrogen) atoms. The first kappa shape index (κ1) is 12.8. The van der Waals surface area contributed by atoms with Crippen molar-refractivity contribution < 1.29 is 0 Å². The van der Waals surface area contributed by atoms with Crippen LogP contribution in [0.2, 0.25) is 0 Å². The molecule has 2 N–H and O–H groups in total. The second-order valence-electron chi connectivity index (χ2n) is 5.51. The lowest BCUT2D eigenvalue weighted by Gasteiger charge is -2.28. The van der Waals surface area contributed by atoms with Crippen molar-refractivity contribution in [2.24, 2.45) is 0 Å². The summed E-state index contributed by atoms with van der Waals surface area (Å²) >= 11 is 0. The van der Waals surface area contributed by atoms with E-state index < -0.39 is 0 Å². The fourth-order valence-electron chi connectivity index (χ4n) is 2.93. The number of rotatable bonds is 3. The van der Waals surface area contributed by atoms with Crippen LogP contribution in [0.3, 0.4) is 0 Å². The topological polar surface area (TPSA) is 53.1 Å². The number of aryl methyl sites for hydroxylation is 1. The number of aromatic nitrogens is 2. The van der Waals surface area contributed by atoms with E-state index in [1.165, 1.54) is 11.3 Å². The molecule has 3 heterocycles. The highest BCUT2D eigenvalue weighted by Crippen LogP contribution is 2.21. The van der Waals surface area contributed by atoms with E-state index in [0.29, 0.717) is 6.04 Å². The van der Waals surface area contributed by atoms with E-state index in [2.05, 4.69) is 34.4 Å². The molecule has 0 bridgehead atoms. The molecule has 5 nitrogen and oxygen atoms in total. The summed E-state index contributed by atoms with van der Waals surface area (Å²) in [4.78, 5) is 11.8. The van der Waals surface area contributed by atoms with Crippen LogP contribution < -0.4 is 10.6 Å². The molecule has 1 saturated heterocycles. The summed E-state index contributed by atoms with van der Waals surface area (Å²) in [6, 6.07) is 0.480. The maximum absolute atomic E-state index is 4.73. The second-order valence-corrected chi connectivity index (χ2v) is 5.51. The molecule has 104 valence electrons. The van der Waals surface area contributed by atoms with Gasteiger partial charge in [-0.2, -0.15) is 0 Å². The lowest BCUT2D eigenvalue weighted by Crippen LogP contribution is -2.32. The molecular formula is C14H23N5. The van der Waals surface area contributed by atoms with Crippen LogP contribution in [0.5, 0.6) is 0 Å². The zero-order chi connectivity index (χ0) is 13.2. The Morgan fingerprint density at radius 2 is 2.32 bits per heavy atom. The normalized spacial score (nSPS) is 23.4. The van der Waals surface area contributed by atoms with E-state index in [0.717, 1.165) is 57.2 Å². The van der Waals surface area contributed by atoms with E-state index >= 15 is 0 Å². The fourth-order valence-corrected chi connectivity index (χ4v) is 2.93. The van der Waals surface area contributed by atoms with Crippen molar-refractivity contribution in [3.05, 3.63) is 17.0 Å². The molecule has 1 fully saturated rings. The molecule has 5 heteroatoms. The number of hydrogen-bond acceptors (Lipinski definition) is 5. The zero-order valence-electron chi connectivity index (χ0n) is 11.9. The minimum atomic E-state index is 0.480. The molecule has 2 aliphatic rings. The van der Waals surface area contributed by atoms with Crippen molar-refractivity contribution >= 4 is 5.95 Å². The molecule has 0 saturated carbocycles. The third-order valence-electron chi connectivity index (χ3n) is 4.19. The average Bonchev–Trinajstić information content (AvgIpc) is 2.91. The van der Waals surface area contributed by atoms with Gasteiger partial charge in [0.15, 0.2) is 0 Å².